The van der Waals surface area contributed by atoms with Crippen molar-refractivity contribution in [2.24, 2.45) is 10.9 Å². The van der Waals surface area contributed by atoms with E-state index in [1.807, 2.05) is 32.0 Å². The molecule has 124 valence electrons. The Morgan fingerprint density at radius 2 is 2.30 bits per heavy atom. The molecule has 0 aliphatic heterocycles. The van der Waals surface area contributed by atoms with Crippen molar-refractivity contribution in [2.45, 2.75) is 19.9 Å². The Morgan fingerprint density at radius 3 is 3.00 bits per heavy atom. The summed E-state index contributed by atoms with van der Waals surface area (Å²) in [6.07, 6.45) is 3.25. The number of aromatic nitrogens is 1. The highest BCUT2D eigenvalue weighted by Gasteiger charge is 2.08. The van der Waals surface area contributed by atoms with Gasteiger partial charge in [0.15, 0.2) is 0 Å². The molecule has 0 aliphatic carbocycles. The zero-order chi connectivity index (χ0) is 16.7. The SMILES string of the molecule is CCOc1ccc(Oc2ncc(/C=N/OC[C@H](C)N)s2)c(Br)c1. The van der Waals surface area contributed by atoms with Crippen molar-refractivity contribution < 1.29 is 14.3 Å². The van der Waals surface area contributed by atoms with Gasteiger partial charge in [0.05, 0.1) is 28.4 Å². The number of oxime groups is 1. The summed E-state index contributed by atoms with van der Waals surface area (Å²) < 4.78 is 12.0. The minimum absolute atomic E-state index is 0.0514. The van der Waals surface area contributed by atoms with E-state index >= 15 is 0 Å². The maximum atomic E-state index is 5.75. The molecule has 2 rings (SSSR count). The largest absolute Gasteiger partial charge is 0.494 e. The zero-order valence-corrected chi connectivity index (χ0v) is 15.3. The molecule has 0 aliphatic rings. The van der Waals surface area contributed by atoms with Gasteiger partial charge < -0.3 is 20.0 Å². The van der Waals surface area contributed by atoms with Gasteiger partial charge in [0, 0.05) is 6.04 Å². The Hall–Kier alpha value is -1.64. The van der Waals surface area contributed by atoms with Gasteiger partial charge in [0.1, 0.15) is 18.1 Å². The van der Waals surface area contributed by atoms with Crippen LogP contribution < -0.4 is 15.2 Å². The van der Waals surface area contributed by atoms with E-state index in [1.54, 1.807) is 12.4 Å². The third kappa shape index (κ3) is 5.81. The molecule has 0 radical (unpaired) electrons. The number of nitrogens with zero attached hydrogens (tertiary/aromatic N) is 2. The van der Waals surface area contributed by atoms with Crippen molar-refractivity contribution in [1.29, 1.82) is 0 Å². The van der Waals surface area contributed by atoms with Gasteiger partial charge in [0.2, 0.25) is 0 Å². The van der Waals surface area contributed by atoms with Crippen molar-refractivity contribution in [3.05, 3.63) is 33.7 Å². The first-order chi connectivity index (χ1) is 11.1. The van der Waals surface area contributed by atoms with Gasteiger partial charge in [-0.1, -0.05) is 16.5 Å². The fraction of sp³-hybridized carbons (Fsp3) is 0.333. The average molecular weight is 400 g/mol. The second kappa shape index (κ2) is 8.85. The highest BCUT2D eigenvalue weighted by atomic mass is 79.9. The summed E-state index contributed by atoms with van der Waals surface area (Å²) in [6, 6.07) is 5.48. The highest BCUT2D eigenvalue weighted by Crippen LogP contribution is 2.34. The smallest absolute Gasteiger partial charge is 0.279 e. The number of hydrogen-bond donors (Lipinski definition) is 1. The van der Waals surface area contributed by atoms with Crippen LogP contribution in [0.25, 0.3) is 0 Å². The maximum Gasteiger partial charge on any atom is 0.279 e. The van der Waals surface area contributed by atoms with Crippen LogP contribution in [-0.2, 0) is 4.84 Å². The second-order valence-electron chi connectivity index (χ2n) is 4.66. The molecule has 2 N–H and O–H groups in total. The van der Waals surface area contributed by atoms with Crippen molar-refractivity contribution in [2.75, 3.05) is 13.2 Å². The van der Waals surface area contributed by atoms with Crippen LogP contribution >= 0.6 is 27.3 Å². The van der Waals surface area contributed by atoms with Crippen LogP contribution in [0.1, 0.15) is 18.7 Å². The Labute approximate surface area is 147 Å². The van der Waals surface area contributed by atoms with Crippen molar-refractivity contribution >= 4 is 33.5 Å². The monoisotopic (exact) mass is 399 g/mol. The van der Waals surface area contributed by atoms with E-state index in [0.717, 1.165) is 15.1 Å². The van der Waals surface area contributed by atoms with E-state index in [1.165, 1.54) is 11.3 Å². The molecule has 8 heteroatoms. The number of ether oxygens (including phenoxy) is 2. The summed E-state index contributed by atoms with van der Waals surface area (Å²) in [5.74, 6) is 1.45. The van der Waals surface area contributed by atoms with Gasteiger partial charge in [-0.3, -0.25) is 0 Å². The first kappa shape index (κ1) is 17.7. The molecular formula is C15H18BrN3O3S. The van der Waals surface area contributed by atoms with Crippen LogP contribution in [0.2, 0.25) is 0 Å². The van der Waals surface area contributed by atoms with Crippen molar-refractivity contribution in [3.8, 4) is 16.7 Å². The molecule has 0 saturated heterocycles. The molecule has 1 heterocycles. The Bertz CT molecular complexity index is 661. The van der Waals surface area contributed by atoms with Gasteiger partial charge in [-0.05, 0) is 48.0 Å². The van der Waals surface area contributed by atoms with E-state index < -0.39 is 0 Å². The van der Waals surface area contributed by atoms with Crippen LogP contribution in [0.5, 0.6) is 16.7 Å². The quantitative estimate of drug-likeness (QED) is 0.539. The van der Waals surface area contributed by atoms with Gasteiger partial charge in [-0.2, -0.15) is 0 Å². The predicted molar refractivity (Wildman–Crippen MR) is 94.7 cm³/mol. The van der Waals surface area contributed by atoms with E-state index in [9.17, 15) is 0 Å². The highest BCUT2D eigenvalue weighted by molar-refractivity contribution is 9.10. The molecule has 0 bridgehead atoms. The first-order valence-electron chi connectivity index (χ1n) is 7.05. The third-order valence-electron chi connectivity index (χ3n) is 2.51. The fourth-order valence-corrected chi connectivity index (χ4v) is 2.62. The number of thiazole rings is 1. The number of rotatable bonds is 8. The molecule has 1 atom stereocenters. The standard InChI is InChI=1S/C15H18BrN3O3S/c1-3-20-11-4-5-14(13(16)6-11)22-15-18-7-12(23-15)8-19-21-9-10(2)17/h4-8,10H,3,9,17H2,1-2H3/b19-8+/t10-/m0/s1. The predicted octanol–water partition coefficient (Wildman–Crippen LogP) is 3.79. The lowest BCUT2D eigenvalue weighted by molar-refractivity contribution is 0.135. The average Bonchev–Trinajstić information content (AvgIpc) is 2.94. The van der Waals surface area contributed by atoms with E-state index in [4.69, 9.17) is 20.0 Å². The third-order valence-corrected chi connectivity index (χ3v) is 3.94. The van der Waals surface area contributed by atoms with Crippen LogP contribution in [-0.4, -0.2) is 30.5 Å². The minimum atomic E-state index is -0.0514. The molecule has 0 fully saturated rings. The van der Waals surface area contributed by atoms with E-state index in [-0.39, 0.29) is 6.04 Å². The summed E-state index contributed by atoms with van der Waals surface area (Å²) in [7, 11) is 0. The number of benzene rings is 1. The minimum Gasteiger partial charge on any atom is -0.494 e. The fourth-order valence-electron chi connectivity index (χ4n) is 1.54. The molecule has 1 aromatic carbocycles. The molecule has 1 aromatic heterocycles. The molecule has 0 spiro atoms. The lowest BCUT2D eigenvalue weighted by Crippen LogP contribution is -2.20. The zero-order valence-electron chi connectivity index (χ0n) is 12.9. The number of nitrogens with two attached hydrogens (primary N) is 1. The summed E-state index contributed by atoms with van der Waals surface area (Å²) in [6.45, 7) is 4.78. The lowest BCUT2D eigenvalue weighted by Gasteiger charge is -2.07. The Morgan fingerprint density at radius 1 is 1.48 bits per heavy atom. The molecule has 0 amide bonds. The van der Waals surface area contributed by atoms with Gasteiger partial charge >= 0.3 is 0 Å². The molecule has 23 heavy (non-hydrogen) atoms. The van der Waals surface area contributed by atoms with Gasteiger partial charge in [-0.25, -0.2) is 4.98 Å². The lowest BCUT2D eigenvalue weighted by atomic mass is 10.3. The normalized spacial score (nSPS) is 12.3. The number of hydrogen-bond acceptors (Lipinski definition) is 7. The molecule has 0 saturated carbocycles. The van der Waals surface area contributed by atoms with Gasteiger partial charge in [-0.15, -0.1) is 0 Å². The van der Waals surface area contributed by atoms with Gasteiger partial charge in [0.25, 0.3) is 5.19 Å². The second-order valence-corrected chi connectivity index (χ2v) is 6.54. The maximum absolute atomic E-state index is 5.75. The van der Waals surface area contributed by atoms with Crippen molar-refractivity contribution in [3.63, 3.8) is 0 Å². The first-order valence-corrected chi connectivity index (χ1v) is 8.66. The van der Waals surface area contributed by atoms with Crippen LogP contribution in [0.4, 0.5) is 0 Å². The Kier molecular flexibility index (Phi) is 6.82. The molecule has 2 aromatic rings. The van der Waals surface area contributed by atoms with E-state index in [0.29, 0.717) is 24.2 Å². The molecule has 0 unspecified atom stereocenters. The summed E-state index contributed by atoms with van der Waals surface area (Å²) in [5, 5.41) is 4.35. The summed E-state index contributed by atoms with van der Waals surface area (Å²) in [5.41, 5.74) is 5.56. The van der Waals surface area contributed by atoms with Crippen molar-refractivity contribution in [1.82, 2.24) is 4.98 Å². The van der Waals surface area contributed by atoms with Crippen LogP contribution in [0.3, 0.4) is 0 Å². The number of halogens is 1. The molecule has 6 nitrogen and oxygen atoms in total. The van der Waals surface area contributed by atoms with Crippen LogP contribution in [0, 0.1) is 0 Å². The van der Waals surface area contributed by atoms with E-state index in [2.05, 4.69) is 26.1 Å². The topological polar surface area (TPSA) is 79.0 Å². The summed E-state index contributed by atoms with van der Waals surface area (Å²) >= 11 is 4.82. The van der Waals surface area contributed by atoms with Crippen LogP contribution in [0.15, 0.2) is 34.0 Å². The molecular weight excluding hydrogens is 382 g/mol. The summed E-state index contributed by atoms with van der Waals surface area (Å²) in [4.78, 5) is 10.1. The Balaban J connectivity index is 1.96.